The third-order valence-electron chi connectivity index (χ3n) is 3.90. The first kappa shape index (κ1) is 11.9. The number of amides is 1. The maximum Gasteiger partial charge on any atom is 0.222 e. The number of hydrogen-bond donors (Lipinski definition) is 1. The highest BCUT2D eigenvalue weighted by Gasteiger charge is 2.23. The van der Waals surface area contributed by atoms with Gasteiger partial charge in [-0.25, -0.2) is 0 Å². The van der Waals surface area contributed by atoms with E-state index in [1.54, 1.807) is 0 Å². The van der Waals surface area contributed by atoms with Crippen molar-refractivity contribution in [2.75, 3.05) is 19.6 Å². The van der Waals surface area contributed by atoms with Crippen molar-refractivity contribution in [1.82, 2.24) is 10.2 Å². The molecule has 2 fully saturated rings. The highest BCUT2D eigenvalue weighted by atomic mass is 16.2. The lowest BCUT2D eigenvalue weighted by Gasteiger charge is -2.21. The second-order valence-corrected chi connectivity index (χ2v) is 5.21. The molecule has 2 rings (SSSR count). The van der Waals surface area contributed by atoms with Crippen LogP contribution in [0.2, 0.25) is 0 Å². The average Bonchev–Trinajstić information content (AvgIpc) is 3.10. The van der Waals surface area contributed by atoms with E-state index in [1.807, 2.05) is 0 Å². The number of rotatable bonds is 5. The molecule has 1 atom stereocenters. The van der Waals surface area contributed by atoms with Gasteiger partial charge in [-0.1, -0.05) is 13.3 Å². The molecule has 1 aliphatic heterocycles. The van der Waals surface area contributed by atoms with Crippen LogP contribution in [0.15, 0.2) is 0 Å². The number of likely N-dealkylation sites (tertiary alicyclic amines) is 1. The molecule has 1 heterocycles. The summed E-state index contributed by atoms with van der Waals surface area (Å²) >= 11 is 0. The van der Waals surface area contributed by atoms with Gasteiger partial charge in [0.15, 0.2) is 0 Å². The first-order valence-corrected chi connectivity index (χ1v) is 6.80. The summed E-state index contributed by atoms with van der Waals surface area (Å²) in [6.07, 6.45) is 6.94. The number of hydrogen-bond acceptors (Lipinski definition) is 2. The highest BCUT2D eigenvalue weighted by Crippen LogP contribution is 2.21. The van der Waals surface area contributed by atoms with Crippen LogP contribution < -0.4 is 5.32 Å². The largest absolute Gasteiger partial charge is 0.341 e. The first-order valence-electron chi connectivity index (χ1n) is 6.80. The Hall–Kier alpha value is -0.570. The molecule has 0 aromatic carbocycles. The van der Waals surface area contributed by atoms with E-state index in [-0.39, 0.29) is 0 Å². The van der Waals surface area contributed by atoms with E-state index in [2.05, 4.69) is 17.1 Å². The third kappa shape index (κ3) is 3.48. The Morgan fingerprint density at radius 3 is 2.81 bits per heavy atom. The molecular weight excluding hydrogens is 200 g/mol. The summed E-state index contributed by atoms with van der Waals surface area (Å²) in [5, 5.41) is 3.48. The molecule has 3 heteroatoms. The zero-order valence-corrected chi connectivity index (χ0v) is 10.4. The van der Waals surface area contributed by atoms with Gasteiger partial charge in [0.1, 0.15) is 0 Å². The maximum absolute atomic E-state index is 11.9. The van der Waals surface area contributed by atoms with Gasteiger partial charge in [0.05, 0.1) is 0 Å². The summed E-state index contributed by atoms with van der Waals surface area (Å²) in [6, 6.07) is 0.755. The molecule has 1 saturated carbocycles. The summed E-state index contributed by atoms with van der Waals surface area (Å²) in [7, 11) is 0. The van der Waals surface area contributed by atoms with Gasteiger partial charge in [0.25, 0.3) is 0 Å². The minimum absolute atomic E-state index is 0.369. The normalized spacial score (nSPS) is 26.9. The Kier molecular flexibility index (Phi) is 4.22. The van der Waals surface area contributed by atoms with E-state index in [9.17, 15) is 4.79 Å². The Morgan fingerprint density at radius 2 is 2.12 bits per heavy atom. The fraction of sp³-hybridized carbons (Fsp3) is 0.923. The molecule has 1 amide bonds. The van der Waals surface area contributed by atoms with Gasteiger partial charge >= 0.3 is 0 Å². The van der Waals surface area contributed by atoms with Crippen LogP contribution in [-0.2, 0) is 4.79 Å². The van der Waals surface area contributed by atoms with Crippen LogP contribution in [0, 0.1) is 5.92 Å². The second kappa shape index (κ2) is 5.67. The molecule has 2 aliphatic rings. The molecule has 0 aromatic rings. The zero-order valence-electron chi connectivity index (χ0n) is 10.4. The summed E-state index contributed by atoms with van der Waals surface area (Å²) in [5.41, 5.74) is 0. The van der Waals surface area contributed by atoms with Crippen LogP contribution in [0.3, 0.4) is 0 Å². The fourth-order valence-corrected chi connectivity index (χ4v) is 2.43. The molecule has 1 saturated heterocycles. The van der Waals surface area contributed by atoms with Crippen molar-refractivity contribution in [3.63, 3.8) is 0 Å². The monoisotopic (exact) mass is 224 g/mol. The number of carbonyl (C=O) groups excluding carboxylic acids is 1. The Balaban J connectivity index is 1.71. The Bertz CT molecular complexity index is 238. The van der Waals surface area contributed by atoms with Crippen LogP contribution in [0.1, 0.15) is 45.4 Å². The molecule has 1 aliphatic carbocycles. The lowest BCUT2D eigenvalue weighted by Crippen LogP contribution is -2.37. The van der Waals surface area contributed by atoms with E-state index < -0.39 is 0 Å². The SMILES string of the molecule is CCC1CCC(=O)N(CCNC2CC2)CC1. The summed E-state index contributed by atoms with van der Waals surface area (Å²) < 4.78 is 0. The lowest BCUT2D eigenvalue weighted by molar-refractivity contribution is -0.130. The molecule has 0 radical (unpaired) electrons. The van der Waals surface area contributed by atoms with Crippen molar-refractivity contribution in [2.45, 2.75) is 51.5 Å². The molecule has 1 unspecified atom stereocenters. The molecule has 1 N–H and O–H groups in total. The van der Waals surface area contributed by atoms with Gasteiger partial charge in [0, 0.05) is 32.1 Å². The standard InChI is InChI=1S/C13H24N2O/c1-2-11-3-6-13(16)15(9-7-11)10-8-14-12-4-5-12/h11-12,14H,2-10H2,1H3. The van der Waals surface area contributed by atoms with E-state index in [1.165, 1.54) is 25.7 Å². The van der Waals surface area contributed by atoms with E-state index in [0.29, 0.717) is 5.91 Å². The molecule has 92 valence electrons. The zero-order chi connectivity index (χ0) is 11.4. The Morgan fingerprint density at radius 1 is 1.31 bits per heavy atom. The molecule has 0 aromatic heterocycles. The number of carbonyl (C=O) groups is 1. The number of nitrogens with zero attached hydrogens (tertiary/aromatic N) is 1. The van der Waals surface area contributed by atoms with E-state index in [4.69, 9.17) is 0 Å². The molecule has 0 bridgehead atoms. The van der Waals surface area contributed by atoms with Crippen molar-refractivity contribution in [3.05, 3.63) is 0 Å². The average molecular weight is 224 g/mol. The van der Waals surface area contributed by atoms with Crippen LogP contribution in [0.5, 0.6) is 0 Å². The predicted octanol–water partition coefficient (Wildman–Crippen LogP) is 1.78. The first-order chi connectivity index (χ1) is 7.79. The summed E-state index contributed by atoms with van der Waals surface area (Å²) in [6.45, 7) is 5.10. The summed E-state index contributed by atoms with van der Waals surface area (Å²) in [5.74, 6) is 1.14. The quantitative estimate of drug-likeness (QED) is 0.772. The second-order valence-electron chi connectivity index (χ2n) is 5.21. The number of nitrogens with one attached hydrogen (secondary N) is 1. The minimum Gasteiger partial charge on any atom is -0.341 e. The smallest absolute Gasteiger partial charge is 0.222 e. The minimum atomic E-state index is 0.369. The van der Waals surface area contributed by atoms with Gasteiger partial charge in [-0.2, -0.15) is 0 Å². The third-order valence-corrected chi connectivity index (χ3v) is 3.90. The van der Waals surface area contributed by atoms with Crippen molar-refractivity contribution >= 4 is 5.91 Å². The van der Waals surface area contributed by atoms with Gasteiger partial charge < -0.3 is 10.2 Å². The van der Waals surface area contributed by atoms with Crippen LogP contribution >= 0.6 is 0 Å². The highest BCUT2D eigenvalue weighted by molar-refractivity contribution is 5.76. The van der Waals surface area contributed by atoms with Crippen molar-refractivity contribution in [3.8, 4) is 0 Å². The van der Waals surface area contributed by atoms with Crippen LogP contribution in [0.25, 0.3) is 0 Å². The van der Waals surface area contributed by atoms with Crippen molar-refractivity contribution < 1.29 is 4.79 Å². The predicted molar refractivity (Wildman–Crippen MR) is 65.2 cm³/mol. The maximum atomic E-state index is 11.9. The lowest BCUT2D eigenvalue weighted by atomic mass is 9.98. The van der Waals surface area contributed by atoms with Crippen molar-refractivity contribution in [1.29, 1.82) is 0 Å². The molecule has 0 spiro atoms. The fourth-order valence-electron chi connectivity index (χ4n) is 2.43. The van der Waals surface area contributed by atoms with E-state index in [0.717, 1.165) is 44.4 Å². The summed E-state index contributed by atoms with van der Waals surface area (Å²) in [4.78, 5) is 13.9. The van der Waals surface area contributed by atoms with Gasteiger partial charge in [0.2, 0.25) is 5.91 Å². The van der Waals surface area contributed by atoms with Crippen LogP contribution in [0.4, 0.5) is 0 Å². The van der Waals surface area contributed by atoms with Crippen LogP contribution in [-0.4, -0.2) is 36.5 Å². The topological polar surface area (TPSA) is 32.3 Å². The molecule has 16 heavy (non-hydrogen) atoms. The van der Waals surface area contributed by atoms with E-state index >= 15 is 0 Å². The van der Waals surface area contributed by atoms with Gasteiger partial charge in [-0.05, 0) is 31.6 Å². The molecular formula is C13H24N2O. The molecule has 3 nitrogen and oxygen atoms in total. The van der Waals surface area contributed by atoms with Gasteiger partial charge in [-0.15, -0.1) is 0 Å². The Labute approximate surface area is 98.6 Å². The van der Waals surface area contributed by atoms with Gasteiger partial charge in [-0.3, -0.25) is 4.79 Å². The van der Waals surface area contributed by atoms with Crippen molar-refractivity contribution in [2.24, 2.45) is 5.92 Å².